The molecule has 1 aliphatic carbocycles. The van der Waals surface area contributed by atoms with Gasteiger partial charge in [-0.3, -0.25) is 4.90 Å². The number of rotatable bonds is 5. The second-order valence-corrected chi connectivity index (χ2v) is 7.00. The van der Waals surface area contributed by atoms with Crippen molar-refractivity contribution < 1.29 is 22.7 Å². The van der Waals surface area contributed by atoms with Crippen LogP contribution < -0.4 is 19.1 Å². The van der Waals surface area contributed by atoms with E-state index in [9.17, 15) is 13.2 Å². The number of amides is 2. The summed E-state index contributed by atoms with van der Waals surface area (Å²) in [7, 11) is 0.123. The minimum atomic E-state index is -3.88. The van der Waals surface area contributed by atoms with E-state index in [1.165, 1.54) is 21.3 Å². The Morgan fingerprint density at radius 2 is 1.88 bits per heavy atom. The predicted molar refractivity (Wildman–Crippen MR) is 87.9 cm³/mol. The summed E-state index contributed by atoms with van der Waals surface area (Å²) in [6.45, 7) is 0. The summed E-state index contributed by atoms with van der Waals surface area (Å²) in [5.41, 5.74) is 0. The van der Waals surface area contributed by atoms with E-state index in [0.29, 0.717) is 12.8 Å². The van der Waals surface area contributed by atoms with E-state index in [0.717, 1.165) is 11.3 Å². The second kappa shape index (κ2) is 7.22. The molecule has 0 aliphatic heterocycles. The Hall–Kier alpha value is -2.07. The van der Waals surface area contributed by atoms with Crippen LogP contribution in [0.3, 0.4) is 0 Å². The Labute approximate surface area is 144 Å². The molecule has 1 aromatic rings. The van der Waals surface area contributed by atoms with Crippen LogP contribution in [0.25, 0.3) is 0 Å². The van der Waals surface area contributed by atoms with Gasteiger partial charge in [0, 0.05) is 7.05 Å². The summed E-state index contributed by atoms with van der Waals surface area (Å²) in [5.74, 6) is -0.125. The van der Waals surface area contributed by atoms with Crippen molar-refractivity contribution in [1.29, 1.82) is 0 Å². The Kier molecular flexibility index (Phi) is 5.50. The normalized spacial score (nSPS) is 14.1. The highest BCUT2D eigenvalue weighted by molar-refractivity contribution is 7.93. The van der Waals surface area contributed by atoms with Crippen LogP contribution >= 0.6 is 11.6 Å². The van der Waals surface area contributed by atoms with Crippen molar-refractivity contribution >= 4 is 33.6 Å². The van der Waals surface area contributed by atoms with Crippen LogP contribution in [0.15, 0.2) is 11.0 Å². The third-order valence-corrected chi connectivity index (χ3v) is 5.16. The molecule has 1 N–H and O–H groups in total. The third kappa shape index (κ3) is 3.70. The van der Waals surface area contributed by atoms with E-state index in [2.05, 4.69) is 9.97 Å². The minimum absolute atomic E-state index is 0.000440. The SMILES string of the molecule is COc1nc(N(C)C(=O)NS(=O)(=O)C2=CCCC2)nc(OC)c1Cl. The molecule has 0 atom stereocenters. The van der Waals surface area contributed by atoms with Gasteiger partial charge in [-0.05, 0) is 19.3 Å². The van der Waals surface area contributed by atoms with Crippen LogP contribution in [-0.4, -0.2) is 45.7 Å². The standard InChI is InChI=1S/C13H17ClN4O5S/c1-18(12-15-10(22-2)9(14)11(16-12)23-3)13(19)17-24(20,21)8-6-4-5-7-8/h6H,4-5,7H2,1-3H3,(H,17,19). The van der Waals surface area contributed by atoms with Crippen LogP contribution in [0.5, 0.6) is 11.8 Å². The molecule has 24 heavy (non-hydrogen) atoms. The molecule has 0 unspecified atom stereocenters. The van der Waals surface area contributed by atoms with E-state index >= 15 is 0 Å². The smallest absolute Gasteiger partial charge is 0.337 e. The third-order valence-electron chi connectivity index (χ3n) is 3.34. The molecule has 0 saturated carbocycles. The quantitative estimate of drug-likeness (QED) is 0.832. The van der Waals surface area contributed by atoms with Crippen LogP contribution in [-0.2, 0) is 10.0 Å². The molecule has 0 spiro atoms. The molecule has 9 nitrogen and oxygen atoms in total. The highest BCUT2D eigenvalue weighted by atomic mass is 35.5. The van der Waals surface area contributed by atoms with Gasteiger partial charge >= 0.3 is 6.03 Å². The molecule has 0 radical (unpaired) electrons. The molecule has 2 amide bonds. The zero-order chi connectivity index (χ0) is 17.9. The highest BCUT2D eigenvalue weighted by Crippen LogP contribution is 2.32. The highest BCUT2D eigenvalue weighted by Gasteiger charge is 2.26. The number of urea groups is 1. The van der Waals surface area contributed by atoms with Crippen molar-refractivity contribution in [3.05, 3.63) is 16.0 Å². The van der Waals surface area contributed by atoms with E-state index in [4.69, 9.17) is 21.1 Å². The molecule has 1 heterocycles. The lowest BCUT2D eigenvalue weighted by Crippen LogP contribution is -2.41. The molecular weight excluding hydrogens is 360 g/mol. The number of nitrogens with one attached hydrogen (secondary N) is 1. The number of carbonyl (C=O) groups excluding carboxylic acids is 1. The van der Waals surface area contributed by atoms with E-state index in [-0.39, 0.29) is 27.6 Å². The van der Waals surface area contributed by atoms with Crippen molar-refractivity contribution in [2.24, 2.45) is 0 Å². The first-order valence-corrected chi connectivity index (χ1v) is 8.81. The molecule has 0 bridgehead atoms. The Bertz CT molecular complexity index is 756. The van der Waals surface area contributed by atoms with E-state index < -0.39 is 16.1 Å². The minimum Gasteiger partial charge on any atom is -0.480 e. The lowest BCUT2D eigenvalue weighted by molar-refractivity contribution is 0.252. The van der Waals surface area contributed by atoms with Gasteiger partial charge in [-0.1, -0.05) is 17.7 Å². The van der Waals surface area contributed by atoms with E-state index in [1.807, 2.05) is 4.72 Å². The van der Waals surface area contributed by atoms with Crippen molar-refractivity contribution in [3.8, 4) is 11.8 Å². The Morgan fingerprint density at radius 3 is 2.33 bits per heavy atom. The maximum Gasteiger partial charge on any atom is 0.337 e. The maximum absolute atomic E-state index is 12.2. The summed E-state index contributed by atoms with van der Waals surface area (Å²) < 4.78 is 36.2. The first-order chi connectivity index (χ1) is 11.3. The first kappa shape index (κ1) is 18.3. The molecule has 0 saturated heterocycles. The number of methoxy groups -OCH3 is 2. The summed E-state index contributed by atoms with van der Waals surface area (Å²) in [4.78, 5) is 21.3. The molecular formula is C13H17ClN4O5S. The summed E-state index contributed by atoms with van der Waals surface area (Å²) in [6.07, 6.45) is 3.43. The predicted octanol–water partition coefficient (Wildman–Crippen LogP) is 1.69. The number of hydrogen-bond acceptors (Lipinski definition) is 7. The first-order valence-electron chi connectivity index (χ1n) is 6.95. The average molecular weight is 377 g/mol. The summed E-state index contributed by atoms with van der Waals surface area (Å²) in [6, 6.07) is -0.908. The van der Waals surface area contributed by atoms with Crippen LogP contribution in [0.4, 0.5) is 10.7 Å². The van der Waals surface area contributed by atoms with Gasteiger partial charge in [-0.25, -0.2) is 17.9 Å². The number of ether oxygens (including phenoxy) is 2. The van der Waals surface area contributed by atoms with Crippen molar-refractivity contribution in [3.63, 3.8) is 0 Å². The summed E-state index contributed by atoms with van der Waals surface area (Å²) >= 11 is 5.96. The molecule has 1 aromatic heterocycles. The fourth-order valence-electron chi connectivity index (χ4n) is 2.04. The number of aromatic nitrogens is 2. The van der Waals surface area contributed by atoms with Gasteiger partial charge in [0.05, 0.1) is 19.1 Å². The monoisotopic (exact) mass is 376 g/mol. The molecule has 132 valence electrons. The van der Waals surface area contributed by atoms with Crippen LogP contribution in [0.1, 0.15) is 19.3 Å². The van der Waals surface area contributed by atoms with Gasteiger partial charge in [0.1, 0.15) is 0 Å². The molecule has 11 heteroatoms. The number of hydrogen-bond donors (Lipinski definition) is 1. The van der Waals surface area contributed by atoms with Crippen molar-refractivity contribution in [2.45, 2.75) is 19.3 Å². The van der Waals surface area contributed by atoms with Gasteiger partial charge in [-0.15, -0.1) is 0 Å². The number of allylic oxidation sites excluding steroid dienone is 2. The zero-order valence-corrected chi connectivity index (χ0v) is 14.9. The fourth-order valence-corrected chi connectivity index (χ4v) is 3.53. The van der Waals surface area contributed by atoms with Gasteiger partial charge in [0.25, 0.3) is 10.0 Å². The van der Waals surface area contributed by atoms with Crippen molar-refractivity contribution in [2.75, 3.05) is 26.2 Å². The topological polar surface area (TPSA) is 111 Å². The lowest BCUT2D eigenvalue weighted by Gasteiger charge is -2.18. The number of sulfonamides is 1. The van der Waals surface area contributed by atoms with Crippen LogP contribution in [0, 0.1) is 0 Å². The number of carbonyl (C=O) groups is 1. The maximum atomic E-state index is 12.2. The lowest BCUT2D eigenvalue weighted by atomic mass is 10.4. The molecule has 2 rings (SSSR count). The Morgan fingerprint density at radius 1 is 1.29 bits per heavy atom. The molecule has 0 aromatic carbocycles. The molecule has 1 aliphatic rings. The van der Waals surface area contributed by atoms with Gasteiger partial charge in [-0.2, -0.15) is 9.97 Å². The van der Waals surface area contributed by atoms with Crippen LogP contribution in [0.2, 0.25) is 5.02 Å². The van der Waals surface area contributed by atoms with E-state index in [1.54, 1.807) is 6.08 Å². The van der Waals surface area contributed by atoms with Crippen molar-refractivity contribution in [1.82, 2.24) is 14.7 Å². The number of halogens is 1. The zero-order valence-electron chi connectivity index (χ0n) is 13.4. The van der Waals surface area contributed by atoms with Gasteiger partial charge in [0.15, 0.2) is 5.02 Å². The average Bonchev–Trinajstić information content (AvgIpc) is 3.09. The second-order valence-electron chi connectivity index (χ2n) is 4.89. The number of nitrogens with zero attached hydrogens (tertiary/aromatic N) is 3. The Balaban J connectivity index is 2.25. The molecule has 0 fully saturated rings. The summed E-state index contributed by atoms with van der Waals surface area (Å²) in [5, 5.41) is 0.0429. The van der Waals surface area contributed by atoms with Gasteiger partial charge < -0.3 is 9.47 Å². The number of anilines is 1. The fraction of sp³-hybridized carbons (Fsp3) is 0.462. The van der Waals surface area contributed by atoms with Gasteiger partial charge in [0.2, 0.25) is 17.7 Å². The largest absolute Gasteiger partial charge is 0.480 e.